The van der Waals surface area contributed by atoms with E-state index in [1.807, 2.05) is 32.0 Å². The molecule has 1 aromatic carbocycles. The highest BCUT2D eigenvalue weighted by molar-refractivity contribution is 7.17. The first-order chi connectivity index (χ1) is 11.4. The van der Waals surface area contributed by atoms with Crippen LogP contribution in [0.4, 0.5) is 0 Å². The lowest BCUT2D eigenvalue weighted by molar-refractivity contribution is 0.0934. The number of rotatable bonds is 6. The number of aromatic nitrogens is 1. The van der Waals surface area contributed by atoms with Crippen molar-refractivity contribution in [3.05, 3.63) is 28.8 Å². The summed E-state index contributed by atoms with van der Waals surface area (Å²) in [4.78, 5) is 17.7. The first-order valence-corrected chi connectivity index (χ1v) is 8.69. The van der Waals surface area contributed by atoms with E-state index in [2.05, 4.69) is 24.1 Å². The molecular formula is C18H24N2O3S. The molecule has 1 N–H and O–H groups in total. The van der Waals surface area contributed by atoms with Crippen LogP contribution in [0.15, 0.2) is 18.2 Å². The van der Waals surface area contributed by atoms with Gasteiger partial charge in [0.25, 0.3) is 5.91 Å². The standard InChI is InChI=1S/C18H24N2O3S/c1-10(2)11(3)19-17(21)16-12(4)20-18(24-16)13-7-8-14(22-5)15(9-13)23-6/h7-11H,1-6H3,(H,19,21). The van der Waals surface area contributed by atoms with Gasteiger partial charge in [0.2, 0.25) is 0 Å². The van der Waals surface area contributed by atoms with Crippen molar-refractivity contribution in [2.24, 2.45) is 5.92 Å². The SMILES string of the molecule is COc1ccc(-c2nc(C)c(C(=O)NC(C)C(C)C)s2)cc1OC. The Balaban J connectivity index is 2.30. The number of amides is 1. The number of nitrogens with zero attached hydrogens (tertiary/aromatic N) is 1. The minimum atomic E-state index is -0.0714. The van der Waals surface area contributed by atoms with E-state index < -0.39 is 0 Å². The first kappa shape index (κ1) is 18.3. The van der Waals surface area contributed by atoms with Crippen LogP contribution in [0.5, 0.6) is 11.5 Å². The molecule has 1 aromatic heterocycles. The Hall–Kier alpha value is -2.08. The largest absolute Gasteiger partial charge is 0.493 e. The number of ether oxygens (including phenoxy) is 2. The quantitative estimate of drug-likeness (QED) is 0.860. The Morgan fingerprint density at radius 2 is 1.83 bits per heavy atom. The number of aryl methyl sites for hydroxylation is 1. The summed E-state index contributed by atoms with van der Waals surface area (Å²) in [5.74, 6) is 1.62. The highest BCUT2D eigenvalue weighted by Crippen LogP contribution is 2.35. The van der Waals surface area contributed by atoms with Crippen molar-refractivity contribution in [3.63, 3.8) is 0 Å². The topological polar surface area (TPSA) is 60.5 Å². The molecule has 24 heavy (non-hydrogen) atoms. The Labute approximate surface area is 147 Å². The molecule has 1 unspecified atom stereocenters. The molecule has 0 spiro atoms. The summed E-state index contributed by atoms with van der Waals surface area (Å²) < 4.78 is 10.6. The smallest absolute Gasteiger partial charge is 0.263 e. The molecule has 0 aliphatic heterocycles. The molecule has 0 aliphatic carbocycles. The summed E-state index contributed by atoms with van der Waals surface area (Å²) >= 11 is 1.39. The summed E-state index contributed by atoms with van der Waals surface area (Å²) in [7, 11) is 3.20. The normalized spacial score (nSPS) is 12.1. The van der Waals surface area contributed by atoms with E-state index in [-0.39, 0.29) is 11.9 Å². The monoisotopic (exact) mass is 348 g/mol. The lowest BCUT2D eigenvalue weighted by Gasteiger charge is -2.16. The second kappa shape index (κ2) is 7.66. The molecule has 0 saturated carbocycles. The highest BCUT2D eigenvalue weighted by atomic mass is 32.1. The maximum atomic E-state index is 12.5. The zero-order valence-corrected chi connectivity index (χ0v) is 15.8. The molecule has 0 radical (unpaired) electrons. The van der Waals surface area contributed by atoms with Gasteiger partial charge in [-0.15, -0.1) is 11.3 Å². The molecule has 6 heteroatoms. The molecule has 0 saturated heterocycles. The van der Waals surface area contributed by atoms with Crippen LogP contribution in [0, 0.1) is 12.8 Å². The van der Waals surface area contributed by atoms with Crippen LogP contribution in [-0.4, -0.2) is 31.2 Å². The van der Waals surface area contributed by atoms with E-state index in [0.29, 0.717) is 22.3 Å². The molecule has 1 heterocycles. The van der Waals surface area contributed by atoms with Crippen molar-refractivity contribution in [1.82, 2.24) is 10.3 Å². The van der Waals surface area contributed by atoms with Gasteiger partial charge in [-0.25, -0.2) is 4.98 Å². The van der Waals surface area contributed by atoms with Crippen LogP contribution < -0.4 is 14.8 Å². The van der Waals surface area contributed by atoms with Gasteiger partial charge in [0.1, 0.15) is 9.88 Å². The fraction of sp³-hybridized carbons (Fsp3) is 0.444. The molecule has 5 nitrogen and oxygen atoms in total. The average Bonchev–Trinajstić information content (AvgIpc) is 2.95. The van der Waals surface area contributed by atoms with Crippen LogP contribution in [0.3, 0.4) is 0 Å². The Kier molecular flexibility index (Phi) is 5.83. The van der Waals surface area contributed by atoms with Crippen LogP contribution in [0.2, 0.25) is 0 Å². The van der Waals surface area contributed by atoms with Crippen molar-refractivity contribution in [2.75, 3.05) is 14.2 Å². The van der Waals surface area contributed by atoms with E-state index in [4.69, 9.17) is 9.47 Å². The molecular weight excluding hydrogens is 324 g/mol. The second-order valence-electron chi connectivity index (χ2n) is 6.01. The zero-order chi connectivity index (χ0) is 17.9. The second-order valence-corrected chi connectivity index (χ2v) is 7.01. The summed E-state index contributed by atoms with van der Waals surface area (Å²) in [5, 5.41) is 3.82. The molecule has 0 fully saturated rings. The number of hydrogen-bond donors (Lipinski definition) is 1. The molecule has 0 bridgehead atoms. The highest BCUT2D eigenvalue weighted by Gasteiger charge is 2.19. The van der Waals surface area contributed by atoms with Crippen molar-refractivity contribution in [2.45, 2.75) is 33.7 Å². The van der Waals surface area contributed by atoms with E-state index >= 15 is 0 Å². The third-order valence-electron chi connectivity index (χ3n) is 3.99. The van der Waals surface area contributed by atoms with E-state index in [0.717, 1.165) is 16.3 Å². The number of benzene rings is 1. The van der Waals surface area contributed by atoms with Gasteiger partial charge in [0.15, 0.2) is 11.5 Å². The van der Waals surface area contributed by atoms with Crippen LogP contribution in [0.25, 0.3) is 10.6 Å². The van der Waals surface area contributed by atoms with Gasteiger partial charge in [-0.3, -0.25) is 4.79 Å². The number of carbonyl (C=O) groups excluding carboxylic acids is 1. The Morgan fingerprint density at radius 1 is 1.17 bits per heavy atom. The maximum absolute atomic E-state index is 12.5. The summed E-state index contributed by atoms with van der Waals surface area (Å²) in [5.41, 5.74) is 1.63. The first-order valence-electron chi connectivity index (χ1n) is 7.88. The number of methoxy groups -OCH3 is 2. The van der Waals surface area contributed by atoms with Crippen molar-refractivity contribution < 1.29 is 14.3 Å². The Morgan fingerprint density at radius 3 is 2.42 bits per heavy atom. The molecule has 2 aromatic rings. The van der Waals surface area contributed by atoms with Crippen molar-refractivity contribution in [1.29, 1.82) is 0 Å². The molecule has 1 amide bonds. The summed E-state index contributed by atoms with van der Waals surface area (Å²) in [6.45, 7) is 8.03. The number of thiazole rings is 1. The number of carbonyl (C=O) groups is 1. The summed E-state index contributed by atoms with van der Waals surface area (Å²) in [6, 6.07) is 5.74. The third-order valence-corrected chi connectivity index (χ3v) is 5.20. The van der Waals surface area contributed by atoms with Crippen molar-refractivity contribution in [3.8, 4) is 22.1 Å². The number of nitrogens with one attached hydrogen (secondary N) is 1. The fourth-order valence-electron chi connectivity index (χ4n) is 2.14. The van der Waals surface area contributed by atoms with Crippen LogP contribution in [-0.2, 0) is 0 Å². The minimum absolute atomic E-state index is 0.0714. The summed E-state index contributed by atoms with van der Waals surface area (Å²) in [6.07, 6.45) is 0. The molecule has 0 aliphatic rings. The minimum Gasteiger partial charge on any atom is -0.493 e. The van der Waals surface area contributed by atoms with E-state index in [1.165, 1.54) is 11.3 Å². The molecule has 2 rings (SSSR count). The van der Waals surface area contributed by atoms with Gasteiger partial charge in [-0.2, -0.15) is 0 Å². The molecule has 1 atom stereocenters. The van der Waals surface area contributed by atoms with Crippen molar-refractivity contribution >= 4 is 17.2 Å². The van der Waals surface area contributed by atoms with Gasteiger partial charge < -0.3 is 14.8 Å². The van der Waals surface area contributed by atoms with Gasteiger partial charge in [0.05, 0.1) is 19.9 Å². The van der Waals surface area contributed by atoms with E-state index in [1.54, 1.807) is 14.2 Å². The van der Waals surface area contributed by atoms with Gasteiger partial charge in [0, 0.05) is 11.6 Å². The Bertz CT molecular complexity index is 725. The van der Waals surface area contributed by atoms with Crippen LogP contribution in [0.1, 0.15) is 36.1 Å². The average molecular weight is 348 g/mol. The third kappa shape index (κ3) is 3.87. The predicted octanol–water partition coefficient (Wildman–Crippen LogP) is 3.91. The lowest BCUT2D eigenvalue weighted by atomic mass is 10.1. The maximum Gasteiger partial charge on any atom is 0.263 e. The zero-order valence-electron chi connectivity index (χ0n) is 15.0. The molecule has 130 valence electrons. The van der Waals surface area contributed by atoms with Gasteiger partial charge >= 0.3 is 0 Å². The van der Waals surface area contributed by atoms with Crippen LogP contribution >= 0.6 is 11.3 Å². The van der Waals surface area contributed by atoms with E-state index in [9.17, 15) is 4.79 Å². The lowest BCUT2D eigenvalue weighted by Crippen LogP contribution is -2.35. The van der Waals surface area contributed by atoms with Gasteiger partial charge in [-0.05, 0) is 38.0 Å². The predicted molar refractivity (Wildman–Crippen MR) is 97.2 cm³/mol. The number of hydrogen-bond acceptors (Lipinski definition) is 5. The fourth-order valence-corrected chi connectivity index (χ4v) is 3.10. The van der Waals surface area contributed by atoms with Gasteiger partial charge in [-0.1, -0.05) is 13.8 Å².